The third-order valence-corrected chi connectivity index (χ3v) is 6.05. The lowest BCUT2D eigenvalue weighted by Gasteiger charge is -2.34. The zero-order chi connectivity index (χ0) is 20.7. The van der Waals surface area contributed by atoms with Crippen molar-refractivity contribution in [1.82, 2.24) is 5.16 Å². The van der Waals surface area contributed by atoms with Crippen LogP contribution in [-0.2, 0) is 4.79 Å². The summed E-state index contributed by atoms with van der Waals surface area (Å²) >= 11 is 0. The Morgan fingerprint density at radius 2 is 1.83 bits per heavy atom. The Kier molecular flexibility index (Phi) is 4.66. The van der Waals surface area contributed by atoms with Gasteiger partial charge in [-0.25, -0.2) is 0 Å². The summed E-state index contributed by atoms with van der Waals surface area (Å²) in [5.74, 6) is 1.64. The molecule has 0 bridgehead atoms. The van der Waals surface area contributed by atoms with Gasteiger partial charge in [0.1, 0.15) is 5.75 Å². The highest BCUT2D eigenvalue weighted by atomic mass is 16.5. The lowest BCUT2D eigenvalue weighted by atomic mass is 9.72. The Morgan fingerprint density at radius 3 is 2.57 bits per heavy atom. The molecule has 0 amide bonds. The highest BCUT2D eigenvalue weighted by Gasteiger charge is 2.41. The molecule has 152 valence electrons. The molecule has 1 aliphatic carbocycles. The number of anilines is 1. The zero-order valence-corrected chi connectivity index (χ0v) is 17.1. The normalized spacial score (nSPS) is 20.4. The Morgan fingerprint density at radius 1 is 1.07 bits per heavy atom. The van der Waals surface area contributed by atoms with E-state index in [1.54, 1.807) is 0 Å². The summed E-state index contributed by atoms with van der Waals surface area (Å²) < 4.78 is 11.2. The molecule has 0 saturated carbocycles. The first kappa shape index (κ1) is 18.7. The van der Waals surface area contributed by atoms with E-state index in [-0.39, 0.29) is 17.6 Å². The Balaban J connectivity index is 1.58. The molecule has 0 saturated heterocycles. The number of ether oxygens (including phenoxy) is 1. The van der Waals surface area contributed by atoms with Gasteiger partial charge >= 0.3 is 0 Å². The van der Waals surface area contributed by atoms with Crippen LogP contribution in [0.15, 0.2) is 70.4 Å². The highest BCUT2D eigenvalue weighted by molar-refractivity contribution is 6.01. The number of nitrogens with one attached hydrogen (secondary N) is 1. The van der Waals surface area contributed by atoms with Gasteiger partial charge in [0, 0.05) is 23.6 Å². The molecule has 30 heavy (non-hydrogen) atoms. The van der Waals surface area contributed by atoms with Crippen molar-refractivity contribution in [3.8, 4) is 5.75 Å². The minimum absolute atomic E-state index is 0.163. The van der Waals surface area contributed by atoms with Gasteiger partial charge in [0.15, 0.2) is 5.78 Å². The maximum absolute atomic E-state index is 13.4. The number of hydrogen-bond acceptors (Lipinski definition) is 5. The summed E-state index contributed by atoms with van der Waals surface area (Å²) in [5.41, 5.74) is 5.78. The number of rotatable bonds is 4. The summed E-state index contributed by atoms with van der Waals surface area (Å²) in [6.07, 6.45) is 1.29. The monoisotopic (exact) mass is 400 g/mol. The van der Waals surface area contributed by atoms with Crippen molar-refractivity contribution in [1.29, 1.82) is 0 Å². The van der Waals surface area contributed by atoms with E-state index in [1.807, 2.05) is 56.3 Å². The molecule has 1 aromatic heterocycles. The van der Waals surface area contributed by atoms with Crippen LogP contribution in [-0.4, -0.2) is 17.5 Å². The fourth-order valence-corrected chi connectivity index (χ4v) is 4.69. The highest BCUT2D eigenvalue weighted by Crippen LogP contribution is 2.49. The van der Waals surface area contributed by atoms with E-state index >= 15 is 0 Å². The second-order valence-corrected chi connectivity index (χ2v) is 7.90. The van der Waals surface area contributed by atoms with Crippen LogP contribution < -0.4 is 10.1 Å². The second kappa shape index (κ2) is 7.48. The van der Waals surface area contributed by atoms with Gasteiger partial charge in [0.25, 0.3) is 0 Å². The Bertz CT molecular complexity index is 1110. The Labute approximate surface area is 175 Å². The lowest BCUT2D eigenvalue weighted by Crippen LogP contribution is -2.29. The largest absolute Gasteiger partial charge is 0.494 e. The molecule has 0 unspecified atom stereocenters. The van der Waals surface area contributed by atoms with E-state index in [2.05, 4.69) is 22.6 Å². The third kappa shape index (κ3) is 3.11. The topological polar surface area (TPSA) is 64.4 Å². The van der Waals surface area contributed by atoms with Crippen molar-refractivity contribution in [2.45, 2.75) is 38.5 Å². The number of Topliss-reactive ketones (excluding diaryl/α,β-unsaturated/α-hetero) is 1. The number of fused-ring (bicyclic) bond motifs is 1. The smallest absolute Gasteiger partial charge is 0.233 e. The maximum atomic E-state index is 13.4. The third-order valence-electron chi connectivity index (χ3n) is 6.05. The van der Waals surface area contributed by atoms with E-state index in [0.717, 1.165) is 40.3 Å². The molecule has 5 heteroatoms. The van der Waals surface area contributed by atoms with Gasteiger partial charge < -0.3 is 14.6 Å². The van der Waals surface area contributed by atoms with E-state index < -0.39 is 0 Å². The first-order chi connectivity index (χ1) is 14.7. The van der Waals surface area contributed by atoms with Crippen molar-refractivity contribution in [3.05, 3.63) is 88.3 Å². The van der Waals surface area contributed by atoms with Crippen molar-refractivity contribution < 1.29 is 14.1 Å². The van der Waals surface area contributed by atoms with Crippen LogP contribution in [0.4, 0.5) is 5.88 Å². The van der Waals surface area contributed by atoms with Gasteiger partial charge in [-0.1, -0.05) is 47.6 Å². The molecule has 5 nitrogen and oxygen atoms in total. The van der Waals surface area contributed by atoms with Crippen LogP contribution in [0.1, 0.15) is 54.0 Å². The quantitative estimate of drug-likeness (QED) is 0.640. The molecule has 0 spiro atoms. The molecular formula is C25H24N2O3. The molecular weight excluding hydrogens is 376 g/mol. The number of aryl methyl sites for hydroxylation is 1. The fourth-order valence-electron chi connectivity index (χ4n) is 4.69. The first-order valence-electron chi connectivity index (χ1n) is 10.4. The predicted molar refractivity (Wildman–Crippen MR) is 115 cm³/mol. The van der Waals surface area contributed by atoms with Gasteiger partial charge in [-0.2, -0.15) is 0 Å². The van der Waals surface area contributed by atoms with Crippen LogP contribution in [0.3, 0.4) is 0 Å². The van der Waals surface area contributed by atoms with E-state index in [0.29, 0.717) is 18.9 Å². The van der Waals surface area contributed by atoms with Gasteiger partial charge in [-0.05, 0) is 49.4 Å². The Hall–Kier alpha value is -3.34. The lowest BCUT2D eigenvalue weighted by molar-refractivity contribution is -0.116. The number of carbonyl (C=O) groups excluding carboxylic acids is 1. The molecule has 2 aromatic carbocycles. The van der Waals surface area contributed by atoms with Crippen molar-refractivity contribution in [3.63, 3.8) is 0 Å². The van der Waals surface area contributed by atoms with Crippen LogP contribution >= 0.6 is 0 Å². The van der Waals surface area contributed by atoms with E-state index in [1.165, 1.54) is 5.56 Å². The number of nitrogens with zero attached hydrogens (tertiary/aromatic N) is 1. The molecule has 1 N–H and O–H groups in total. The van der Waals surface area contributed by atoms with Gasteiger partial charge in [0.2, 0.25) is 5.88 Å². The summed E-state index contributed by atoms with van der Waals surface area (Å²) in [6.45, 7) is 4.52. The zero-order valence-electron chi connectivity index (χ0n) is 17.1. The second-order valence-electron chi connectivity index (χ2n) is 7.90. The van der Waals surface area contributed by atoms with Gasteiger partial charge in [-0.3, -0.25) is 4.79 Å². The summed E-state index contributed by atoms with van der Waals surface area (Å²) in [5, 5.41) is 7.57. The fraction of sp³-hybridized carbons (Fsp3) is 0.280. The average Bonchev–Trinajstić information content (AvgIpc) is 3.14. The molecule has 0 fully saturated rings. The van der Waals surface area contributed by atoms with Crippen molar-refractivity contribution >= 4 is 11.7 Å². The number of benzene rings is 2. The molecule has 2 heterocycles. The van der Waals surface area contributed by atoms with Gasteiger partial charge in [-0.15, -0.1) is 0 Å². The molecule has 0 radical (unpaired) electrons. The van der Waals surface area contributed by atoms with Crippen LogP contribution in [0, 0.1) is 6.92 Å². The number of carbonyl (C=O) groups is 1. The van der Waals surface area contributed by atoms with Crippen molar-refractivity contribution in [2.24, 2.45) is 0 Å². The number of ketones is 1. The standard InChI is InChI=1S/C25H24N2O3/c1-3-29-19-11-9-17(10-12-19)23-22-15(2)27-30-25(22)26-20-13-18(14-21(28)24(20)23)16-7-5-4-6-8-16/h4-12,18,23,26H,3,13-14H2,1-2H3/t18-,23-/m1/s1. The van der Waals surface area contributed by atoms with Gasteiger partial charge in [0.05, 0.1) is 17.9 Å². The van der Waals surface area contributed by atoms with Crippen LogP contribution in [0.5, 0.6) is 5.75 Å². The van der Waals surface area contributed by atoms with Crippen molar-refractivity contribution in [2.75, 3.05) is 11.9 Å². The van der Waals surface area contributed by atoms with Crippen LogP contribution in [0.2, 0.25) is 0 Å². The molecule has 2 aliphatic rings. The SMILES string of the molecule is CCOc1ccc([C@H]2C3=C(C[C@@H](c4ccccc4)CC3=O)Nc3onc(C)c32)cc1. The molecule has 2 atom stereocenters. The molecule has 1 aliphatic heterocycles. The number of allylic oxidation sites excluding steroid dienone is 2. The number of hydrogen-bond donors (Lipinski definition) is 1. The summed E-state index contributed by atoms with van der Waals surface area (Å²) in [4.78, 5) is 13.4. The average molecular weight is 400 g/mol. The minimum Gasteiger partial charge on any atom is -0.494 e. The van der Waals surface area contributed by atoms with Crippen LogP contribution in [0.25, 0.3) is 0 Å². The predicted octanol–water partition coefficient (Wildman–Crippen LogP) is 5.34. The van der Waals surface area contributed by atoms with E-state index in [9.17, 15) is 4.79 Å². The summed E-state index contributed by atoms with van der Waals surface area (Å²) in [6, 6.07) is 18.3. The summed E-state index contributed by atoms with van der Waals surface area (Å²) in [7, 11) is 0. The molecule has 3 aromatic rings. The minimum atomic E-state index is -0.178. The maximum Gasteiger partial charge on any atom is 0.233 e. The molecule has 5 rings (SSSR count). The number of aromatic nitrogens is 1. The first-order valence-corrected chi connectivity index (χ1v) is 10.4. The van der Waals surface area contributed by atoms with E-state index in [4.69, 9.17) is 9.26 Å².